The highest BCUT2D eigenvalue weighted by Gasteiger charge is 2.31. The van der Waals surface area contributed by atoms with Gasteiger partial charge in [0.15, 0.2) is 0 Å². The van der Waals surface area contributed by atoms with Crippen LogP contribution < -0.4 is 10.7 Å². The summed E-state index contributed by atoms with van der Waals surface area (Å²) in [5, 5.41) is 16.2. The smallest absolute Gasteiger partial charge is 0.416 e. The standard InChI is InChI=1S/C20H21ClF3N3O3/c21-17-8-14(20(22,23)24)1-3-16(17)18-4-2-15(30-18)11-27-26-6-5-12-7-13(19(28)29)10-25-9-12/h1-4,8,11-13,25-26H,5-7,9-10H2,(H,28,29)/b27-11+/t12-,13+/m0/s1. The summed E-state index contributed by atoms with van der Waals surface area (Å²) < 4.78 is 43.8. The van der Waals surface area contributed by atoms with Gasteiger partial charge < -0.3 is 20.3 Å². The van der Waals surface area contributed by atoms with Crippen molar-refractivity contribution < 1.29 is 27.5 Å². The van der Waals surface area contributed by atoms with Crippen molar-refractivity contribution in [3.8, 4) is 11.3 Å². The van der Waals surface area contributed by atoms with Gasteiger partial charge in [-0.3, -0.25) is 4.79 Å². The molecule has 3 rings (SSSR count). The zero-order chi connectivity index (χ0) is 21.7. The molecular formula is C20H21ClF3N3O3. The second-order valence-corrected chi connectivity index (χ2v) is 7.55. The fraction of sp³-hybridized carbons (Fsp3) is 0.400. The lowest BCUT2D eigenvalue weighted by Crippen LogP contribution is -2.40. The molecule has 1 saturated heterocycles. The Bertz CT molecular complexity index is 914. The second kappa shape index (κ2) is 9.53. The van der Waals surface area contributed by atoms with Crippen LogP contribution in [0.15, 0.2) is 39.9 Å². The predicted molar refractivity (Wildman–Crippen MR) is 106 cm³/mol. The van der Waals surface area contributed by atoms with E-state index in [2.05, 4.69) is 15.8 Å². The number of hydrogen-bond acceptors (Lipinski definition) is 5. The minimum absolute atomic E-state index is 0.0541. The number of carboxylic acid groups (broad SMARTS) is 1. The van der Waals surface area contributed by atoms with Crippen molar-refractivity contribution in [3.05, 3.63) is 46.7 Å². The van der Waals surface area contributed by atoms with E-state index in [9.17, 15) is 18.0 Å². The molecule has 3 N–H and O–H groups in total. The van der Waals surface area contributed by atoms with Crippen LogP contribution in [0.25, 0.3) is 11.3 Å². The lowest BCUT2D eigenvalue weighted by atomic mass is 9.88. The fourth-order valence-electron chi connectivity index (χ4n) is 3.34. The molecule has 2 atom stereocenters. The summed E-state index contributed by atoms with van der Waals surface area (Å²) in [7, 11) is 0. The van der Waals surface area contributed by atoms with E-state index in [1.807, 2.05) is 0 Å². The van der Waals surface area contributed by atoms with Crippen LogP contribution in [0.3, 0.4) is 0 Å². The van der Waals surface area contributed by atoms with Crippen molar-refractivity contribution in [2.75, 3.05) is 19.6 Å². The molecule has 1 aliphatic rings. The Balaban J connectivity index is 1.51. The Labute approximate surface area is 176 Å². The van der Waals surface area contributed by atoms with Crippen molar-refractivity contribution in [3.63, 3.8) is 0 Å². The van der Waals surface area contributed by atoms with Crippen LogP contribution in [-0.2, 0) is 11.0 Å². The lowest BCUT2D eigenvalue weighted by molar-refractivity contribution is -0.142. The number of piperidine rings is 1. The molecule has 6 nitrogen and oxygen atoms in total. The first-order chi connectivity index (χ1) is 14.2. The van der Waals surface area contributed by atoms with E-state index in [1.54, 1.807) is 12.1 Å². The summed E-state index contributed by atoms with van der Waals surface area (Å²) in [6, 6.07) is 6.33. The van der Waals surface area contributed by atoms with Crippen molar-refractivity contribution in [1.29, 1.82) is 0 Å². The van der Waals surface area contributed by atoms with E-state index in [1.165, 1.54) is 12.3 Å². The first-order valence-corrected chi connectivity index (χ1v) is 9.78. The molecule has 1 fully saturated rings. The van der Waals surface area contributed by atoms with Gasteiger partial charge in [-0.2, -0.15) is 18.3 Å². The van der Waals surface area contributed by atoms with Gasteiger partial charge >= 0.3 is 12.1 Å². The van der Waals surface area contributed by atoms with Crippen LogP contribution in [0, 0.1) is 11.8 Å². The third kappa shape index (κ3) is 5.76. The van der Waals surface area contributed by atoms with Crippen molar-refractivity contribution in [2.24, 2.45) is 16.9 Å². The molecule has 0 unspecified atom stereocenters. The molecule has 1 aromatic carbocycles. The highest BCUT2D eigenvalue weighted by molar-refractivity contribution is 6.33. The highest BCUT2D eigenvalue weighted by Crippen LogP contribution is 2.36. The molecule has 162 valence electrons. The van der Waals surface area contributed by atoms with Crippen molar-refractivity contribution >= 4 is 23.8 Å². The van der Waals surface area contributed by atoms with Gasteiger partial charge in [0.1, 0.15) is 11.5 Å². The summed E-state index contributed by atoms with van der Waals surface area (Å²) in [6.45, 7) is 1.86. The average molecular weight is 444 g/mol. The maximum Gasteiger partial charge on any atom is 0.416 e. The second-order valence-electron chi connectivity index (χ2n) is 7.14. The van der Waals surface area contributed by atoms with Gasteiger partial charge in [-0.05, 0) is 55.6 Å². The summed E-state index contributed by atoms with van der Waals surface area (Å²) in [4.78, 5) is 11.1. The maximum atomic E-state index is 12.7. The Hall–Kier alpha value is -2.52. The topological polar surface area (TPSA) is 86.9 Å². The number of carbonyl (C=O) groups is 1. The van der Waals surface area contributed by atoms with Crippen molar-refractivity contribution in [2.45, 2.75) is 19.0 Å². The number of benzene rings is 1. The quantitative estimate of drug-likeness (QED) is 0.338. The number of hydrogen-bond donors (Lipinski definition) is 3. The number of hydrazone groups is 1. The summed E-state index contributed by atoms with van der Waals surface area (Å²) in [6.07, 6.45) is -1.58. The lowest BCUT2D eigenvalue weighted by Gasteiger charge is -2.27. The van der Waals surface area contributed by atoms with Gasteiger partial charge in [0.2, 0.25) is 0 Å². The first kappa shape index (κ1) is 22.2. The Kier molecular flexibility index (Phi) is 7.04. The summed E-state index contributed by atoms with van der Waals surface area (Å²) >= 11 is 5.98. The predicted octanol–water partition coefficient (Wildman–Crippen LogP) is 4.24. The number of rotatable bonds is 7. The maximum absolute atomic E-state index is 12.7. The third-order valence-electron chi connectivity index (χ3n) is 4.93. The van der Waals surface area contributed by atoms with Gasteiger partial charge in [-0.25, -0.2) is 0 Å². The molecular weight excluding hydrogens is 423 g/mol. The summed E-state index contributed by atoms with van der Waals surface area (Å²) in [5.41, 5.74) is 2.43. The van der Waals surface area contributed by atoms with Crippen LogP contribution in [-0.4, -0.2) is 36.9 Å². The molecule has 1 aromatic heterocycles. The molecule has 2 aromatic rings. The zero-order valence-corrected chi connectivity index (χ0v) is 16.6. The highest BCUT2D eigenvalue weighted by atomic mass is 35.5. The number of furan rings is 1. The van der Waals surface area contributed by atoms with Crippen LogP contribution in [0.5, 0.6) is 0 Å². The molecule has 0 spiro atoms. The average Bonchev–Trinajstić information content (AvgIpc) is 3.15. The van der Waals surface area contributed by atoms with Gasteiger partial charge in [0, 0.05) is 18.7 Å². The number of aliphatic carboxylic acids is 1. The van der Waals surface area contributed by atoms with Crippen LogP contribution in [0.2, 0.25) is 5.02 Å². The Morgan fingerprint density at radius 2 is 2.13 bits per heavy atom. The SMILES string of the molecule is O=C(O)[C@H]1CNC[C@@H](CCN/N=C/c2ccc(-c3ccc(C(F)(F)F)cc3Cl)o2)C1. The van der Waals surface area contributed by atoms with Crippen LogP contribution in [0.4, 0.5) is 13.2 Å². The molecule has 0 radical (unpaired) electrons. The normalized spacial score (nSPS) is 19.9. The van der Waals surface area contributed by atoms with E-state index in [0.29, 0.717) is 36.6 Å². The molecule has 30 heavy (non-hydrogen) atoms. The van der Waals surface area contributed by atoms with E-state index in [0.717, 1.165) is 25.1 Å². The molecule has 2 heterocycles. The fourth-order valence-corrected chi connectivity index (χ4v) is 3.61. The van der Waals surface area contributed by atoms with E-state index in [4.69, 9.17) is 21.1 Å². The molecule has 0 saturated carbocycles. The Morgan fingerprint density at radius 1 is 1.33 bits per heavy atom. The minimum atomic E-state index is -4.46. The molecule has 0 amide bonds. The third-order valence-corrected chi connectivity index (χ3v) is 5.24. The van der Waals surface area contributed by atoms with E-state index < -0.39 is 17.7 Å². The number of halogens is 4. The van der Waals surface area contributed by atoms with Gasteiger partial charge in [0.25, 0.3) is 0 Å². The number of nitrogens with zero attached hydrogens (tertiary/aromatic N) is 1. The van der Waals surface area contributed by atoms with Crippen LogP contribution >= 0.6 is 11.6 Å². The van der Waals surface area contributed by atoms with Gasteiger partial charge in [0.05, 0.1) is 22.7 Å². The van der Waals surface area contributed by atoms with E-state index >= 15 is 0 Å². The minimum Gasteiger partial charge on any atom is -0.481 e. The van der Waals surface area contributed by atoms with Crippen LogP contribution in [0.1, 0.15) is 24.2 Å². The summed E-state index contributed by atoms with van der Waals surface area (Å²) in [5.74, 6) is -0.118. The molecule has 1 aliphatic heterocycles. The number of alkyl halides is 3. The van der Waals surface area contributed by atoms with Crippen molar-refractivity contribution in [1.82, 2.24) is 10.7 Å². The van der Waals surface area contributed by atoms with Gasteiger partial charge in [-0.1, -0.05) is 11.6 Å². The Morgan fingerprint density at radius 3 is 2.83 bits per heavy atom. The van der Waals surface area contributed by atoms with Gasteiger partial charge in [-0.15, -0.1) is 0 Å². The number of nitrogens with one attached hydrogen (secondary N) is 2. The monoisotopic (exact) mass is 443 g/mol. The molecule has 0 bridgehead atoms. The molecule has 10 heteroatoms. The number of carboxylic acids is 1. The molecule has 0 aliphatic carbocycles. The van der Waals surface area contributed by atoms with E-state index in [-0.39, 0.29) is 16.9 Å². The zero-order valence-electron chi connectivity index (χ0n) is 15.9. The first-order valence-electron chi connectivity index (χ1n) is 9.40. The largest absolute Gasteiger partial charge is 0.481 e.